The number of carbonyl (C=O) groups is 2. The number of Topliss-reactive ketones (excluding diaryl/α,β-unsaturated/α-hetero) is 2. The van der Waals surface area contributed by atoms with Crippen LogP contribution in [-0.4, -0.2) is 52.1 Å². The molecule has 316 valence electrons. The van der Waals surface area contributed by atoms with Crippen molar-refractivity contribution in [2.45, 2.75) is 26.6 Å². The number of benzene rings is 6. The maximum Gasteiger partial charge on any atom is 0.280 e. The van der Waals surface area contributed by atoms with Gasteiger partial charge in [0.05, 0.1) is 55.7 Å². The van der Waals surface area contributed by atoms with Crippen molar-refractivity contribution in [3.8, 4) is 0 Å². The fourth-order valence-electron chi connectivity index (χ4n) is 6.45. The van der Waals surface area contributed by atoms with Gasteiger partial charge in [-0.25, -0.2) is 0 Å². The van der Waals surface area contributed by atoms with Gasteiger partial charge in [0.25, 0.3) is 17.1 Å². The molecule has 63 heavy (non-hydrogen) atoms. The second-order valence-electron chi connectivity index (χ2n) is 13.8. The van der Waals surface area contributed by atoms with Crippen molar-refractivity contribution < 1.29 is 24.4 Å². The Kier molecular flexibility index (Phi) is 13.8. The lowest BCUT2D eigenvalue weighted by molar-refractivity contribution is -0.385. The molecule has 1 aliphatic heterocycles. The van der Waals surface area contributed by atoms with Crippen molar-refractivity contribution >= 4 is 68.0 Å². The molecule has 0 bridgehead atoms. The highest BCUT2D eigenvalue weighted by Crippen LogP contribution is 2.26. The second kappa shape index (κ2) is 19.9. The van der Waals surface area contributed by atoms with E-state index in [1.807, 2.05) is 60.7 Å². The molecule has 18 heteroatoms. The summed E-state index contributed by atoms with van der Waals surface area (Å²) in [7, 11) is 0. The van der Waals surface area contributed by atoms with Crippen molar-refractivity contribution in [1.82, 2.24) is 19.6 Å². The number of nitrogen functional groups attached to an aromatic ring is 2. The number of hydrogen-bond acceptors (Lipinski definition) is 13. The number of non-ortho nitro benzene ring substituents is 1. The highest BCUT2D eigenvalue weighted by atomic mass is 16.6. The van der Waals surface area contributed by atoms with Gasteiger partial charge in [-0.15, -0.1) is 0 Å². The normalized spacial score (nSPS) is 10.9. The van der Waals surface area contributed by atoms with E-state index in [1.165, 1.54) is 29.1 Å². The minimum Gasteiger partial charge on any atom is -0.398 e. The zero-order valence-corrected chi connectivity index (χ0v) is 33.6. The summed E-state index contributed by atoms with van der Waals surface area (Å²) in [5.74, 6) is -0.0554. The van der Waals surface area contributed by atoms with Crippen molar-refractivity contribution in [2.75, 3.05) is 11.5 Å². The molecule has 3 heterocycles. The van der Waals surface area contributed by atoms with Gasteiger partial charge in [0, 0.05) is 57.9 Å². The van der Waals surface area contributed by atoms with Crippen molar-refractivity contribution in [3.05, 3.63) is 204 Å². The summed E-state index contributed by atoms with van der Waals surface area (Å²) in [4.78, 5) is 58.8. The van der Waals surface area contributed by atoms with Crippen molar-refractivity contribution in [1.29, 1.82) is 0 Å². The lowest BCUT2D eigenvalue weighted by atomic mass is 10.1. The Hall–Kier alpha value is -8.93. The van der Waals surface area contributed by atoms with Crippen LogP contribution in [0.1, 0.15) is 37.4 Å². The van der Waals surface area contributed by atoms with Crippen molar-refractivity contribution in [3.63, 3.8) is 0 Å². The molecule has 4 N–H and O–H groups in total. The van der Waals surface area contributed by atoms with Gasteiger partial charge < -0.3 is 11.5 Å². The van der Waals surface area contributed by atoms with E-state index in [0.29, 0.717) is 51.1 Å². The maximum absolute atomic E-state index is 12.2. The Morgan fingerprint density at radius 1 is 0.571 bits per heavy atom. The van der Waals surface area contributed by atoms with Gasteiger partial charge >= 0.3 is 0 Å². The van der Waals surface area contributed by atoms with E-state index in [4.69, 9.17) is 11.5 Å². The maximum atomic E-state index is 12.2. The summed E-state index contributed by atoms with van der Waals surface area (Å²) in [6, 6.07) is 38.1. The Morgan fingerprint density at radius 3 is 1.59 bits per heavy atom. The molecule has 0 atom stereocenters. The third-order valence-corrected chi connectivity index (χ3v) is 9.76. The number of nitrogens with two attached hydrogens (primary N) is 2. The number of nitro benzene ring substituents is 3. The van der Waals surface area contributed by atoms with Gasteiger partial charge in [0.1, 0.15) is 13.1 Å². The third-order valence-electron chi connectivity index (χ3n) is 9.76. The zero-order valence-electron chi connectivity index (χ0n) is 33.6. The quantitative estimate of drug-likeness (QED) is 0.0601. The van der Waals surface area contributed by atoms with Gasteiger partial charge in [-0.3, -0.25) is 54.3 Å². The van der Waals surface area contributed by atoms with Gasteiger partial charge in [-0.2, -0.15) is 10.2 Å². The van der Waals surface area contributed by atoms with Crippen molar-refractivity contribution in [2.24, 2.45) is 4.99 Å². The molecule has 0 fully saturated rings. The highest BCUT2D eigenvalue weighted by molar-refractivity contribution is 5.98. The zero-order chi connectivity index (χ0) is 45.0. The summed E-state index contributed by atoms with van der Waals surface area (Å²) in [6.45, 7) is 2.47. The minimum absolute atomic E-state index is 0.00842. The first kappa shape index (κ1) is 43.6. The molecule has 1 aliphatic rings. The summed E-state index contributed by atoms with van der Waals surface area (Å²) >= 11 is 0. The molecule has 9 rings (SSSR count). The molecular weight excluding hydrogens is 809 g/mol. The largest absolute Gasteiger partial charge is 0.398 e. The number of anilines is 2. The van der Waals surface area contributed by atoms with Gasteiger partial charge in [0.2, 0.25) is 0 Å². The van der Waals surface area contributed by atoms with Crippen LogP contribution in [0.2, 0.25) is 0 Å². The first-order chi connectivity index (χ1) is 30.3. The molecule has 8 aromatic rings. The summed E-state index contributed by atoms with van der Waals surface area (Å²) in [5, 5.41) is 41.4. The van der Waals surface area contributed by atoms with Crippen LogP contribution < -0.4 is 11.5 Å². The van der Waals surface area contributed by atoms with E-state index in [1.54, 1.807) is 78.6 Å². The second-order valence-corrected chi connectivity index (χ2v) is 13.8. The Labute approximate surface area is 358 Å². The number of hydrogen-bond donors (Lipinski definition) is 2. The van der Waals surface area contributed by atoms with Gasteiger partial charge in [-0.05, 0) is 36.8 Å². The van der Waals surface area contributed by atoms with Gasteiger partial charge in [-0.1, -0.05) is 91.0 Å². The lowest BCUT2D eigenvalue weighted by Gasteiger charge is -2.03. The van der Waals surface area contributed by atoms with E-state index in [-0.39, 0.29) is 46.6 Å². The monoisotopic (exact) mass is 846 g/mol. The van der Waals surface area contributed by atoms with E-state index in [9.17, 15) is 39.9 Å². The summed E-state index contributed by atoms with van der Waals surface area (Å²) in [5.41, 5.74) is 17.5. The number of nitrogens with zero attached hydrogens (tertiary/aromatic N) is 8. The van der Waals surface area contributed by atoms with Crippen LogP contribution in [0.4, 0.5) is 28.4 Å². The lowest BCUT2D eigenvalue weighted by Crippen LogP contribution is -2.11. The molecule has 0 radical (unpaired) electrons. The number of fused-ring (bicyclic) bond motifs is 3. The molecule has 6 aromatic carbocycles. The molecule has 18 nitrogen and oxygen atoms in total. The first-order valence-electron chi connectivity index (χ1n) is 19.0. The number of nitro groups is 3. The van der Waals surface area contributed by atoms with Crippen LogP contribution in [0.5, 0.6) is 0 Å². The SMILES string of the molecule is Cc1c(N)cccc1[N+](=O)[O-].Nc1cccc2c1cnn2CC(=O)c1ccccc1.O=C(Cn1ncc2c([N+](=O)[O-])cccc21)c1ccccc1.O=[N+]([O-])c1cccc2c1C=NC2. The average molecular weight is 847 g/mol. The Bertz CT molecular complexity index is 3000. The van der Waals surface area contributed by atoms with Crippen LogP contribution in [0.3, 0.4) is 0 Å². The molecule has 0 amide bonds. The first-order valence-corrected chi connectivity index (χ1v) is 19.0. The van der Waals surface area contributed by atoms with E-state index >= 15 is 0 Å². The number of rotatable bonds is 9. The van der Waals surface area contributed by atoms with Crippen LogP contribution >= 0.6 is 0 Å². The predicted molar refractivity (Wildman–Crippen MR) is 239 cm³/mol. The number of ketones is 2. The minimum atomic E-state index is -0.451. The van der Waals surface area contributed by atoms with E-state index in [2.05, 4.69) is 15.2 Å². The standard InChI is InChI=1S/C15H11N3O3.C15H13N3O.C8H6N2O2.C7H8N2O2/c19-15(11-5-2-1-3-6-11)10-17-13-7-4-8-14(18(20)21)12(13)9-16-17;16-13-7-4-8-14-12(13)9-17-18(14)10-15(19)11-5-2-1-3-6-11;11-10(12)8-3-1-2-6-4-9-5-7(6)8;1-5-6(8)3-2-4-7(5)9(10)11/h1-9H,10H2;1-9H,10,16H2;1-3,5H,4H2;2-4H,8H2,1H3. The number of carbonyl (C=O) groups excluding carboxylic acids is 2. The molecule has 0 saturated heterocycles. The molecule has 0 aliphatic carbocycles. The summed E-state index contributed by atoms with van der Waals surface area (Å²) < 4.78 is 3.17. The highest BCUT2D eigenvalue weighted by Gasteiger charge is 2.19. The fraction of sp³-hybridized carbons (Fsp3) is 0.0889. The smallest absolute Gasteiger partial charge is 0.280 e. The van der Waals surface area contributed by atoms with Crippen LogP contribution in [0.15, 0.2) is 151 Å². The third kappa shape index (κ3) is 10.5. The van der Waals surface area contributed by atoms with Crippen LogP contribution in [-0.2, 0) is 19.6 Å². The average Bonchev–Trinajstić information content (AvgIpc) is 4.05. The summed E-state index contributed by atoms with van der Waals surface area (Å²) in [6.07, 6.45) is 4.68. The number of aromatic nitrogens is 4. The molecule has 2 aromatic heterocycles. The Balaban J connectivity index is 0.000000145. The molecular formula is C45H38N10O8. The molecule has 0 saturated carbocycles. The van der Waals surface area contributed by atoms with E-state index < -0.39 is 9.85 Å². The number of aliphatic imine (C=N–C) groups is 1. The van der Waals surface area contributed by atoms with E-state index in [0.717, 1.165) is 16.5 Å². The molecule has 0 spiro atoms. The van der Waals surface area contributed by atoms with Crippen LogP contribution in [0.25, 0.3) is 21.8 Å². The topological polar surface area (TPSA) is 264 Å². The van der Waals surface area contributed by atoms with Gasteiger partial charge in [0.15, 0.2) is 11.6 Å². The Morgan fingerprint density at radius 2 is 1.03 bits per heavy atom. The predicted octanol–water partition coefficient (Wildman–Crippen LogP) is 8.34. The fourth-order valence-corrected chi connectivity index (χ4v) is 6.45. The molecule has 0 unspecified atom stereocenters. The van der Waals surface area contributed by atoms with Crippen LogP contribution in [0, 0.1) is 37.3 Å².